The second kappa shape index (κ2) is 4.22. The Labute approximate surface area is 111 Å². The smallest absolute Gasteiger partial charge is 0.124 e. The van der Waals surface area contributed by atoms with E-state index >= 15 is 0 Å². The highest BCUT2D eigenvalue weighted by atomic mass is 79.9. The van der Waals surface area contributed by atoms with Crippen LogP contribution in [-0.2, 0) is 7.05 Å². The quantitative estimate of drug-likeness (QED) is 0.860. The van der Waals surface area contributed by atoms with Crippen molar-refractivity contribution in [2.75, 3.05) is 5.73 Å². The normalized spacial score (nSPS) is 10.8. The molecule has 1 heterocycles. The number of aromatic nitrogens is 2. The molecule has 0 atom stereocenters. The number of nitrogens with two attached hydrogens (primary N) is 1. The van der Waals surface area contributed by atoms with Crippen LogP contribution in [-0.4, -0.2) is 9.78 Å². The van der Waals surface area contributed by atoms with Crippen molar-refractivity contribution < 1.29 is 0 Å². The van der Waals surface area contributed by atoms with Gasteiger partial charge >= 0.3 is 0 Å². The minimum Gasteiger partial charge on any atom is -0.384 e. The SMILES string of the molecule is Cc1c(-c2cc(Br)ccc2Br)nn(C)c1N. The zero-order chi connectivity index (χ0) is 11.9. The Kier molecular flexibility index (Phi) is 3.08. The Balaban J connectivity index is 2.67. The fourth-order valence-electron chi connectivity index (χ4n) is 1.58. The molecule has 0 bridgehead atoms. The Morgan fingerprint density at radius 2 is 2.00 bits per heavy atom. The Morgan fingerprint density at radius 1 is 1.31 bits per heavy atom. The molecule has 0 radical (unpaired) electrons. The van der Waals surface area contributed by atoms with Crippen LogP contribution in [0.4, 0.5) is 5.82 Å². The van der Waals surface area contributed by atoms with E-state index in [0.717, 1.165) is 25.8 Å². The van der Waals surface area contributed by atoms with E-state index in [-0.39, 0.29) is 0 Å². The van der Waals surface area contributed by atoms with Crippen molar-refractivity contribution >= 4 is 37.7 Å². The summed E-state index contributed by atoms with van der Waals surface area (Å²) in [4.78, 5) is 0. The molecule has 16 heavy (non-hydrogen) atoms. The van der Waals surface area contributed by atoms with Crippen molar-refractivity contribution in [1.82, 2.24) is 9.78 Å². The molecule has 3 nitrogen and oxygen atoms in total. The van der Waals surface area contributed by atoms with Gasteiger partial charge in [-0.2, -0.15) is 5.10 Å². The molecule has 1 aromatic heterocycles. The van der Waals surface area contributed by atoms with E-state index in [4.69, 9.17) is 5.73 Å². The molecule has 2 rings (SSSR count). The second-order valence-corrected chi connectivity index (χ2v) is 5.38. The van der Waals surface area contributed by atoms with E-state index in [9.17, 15) is 0 Å². The molecule has 0 unspecified atom stereocenters. The number of rotatable bonds is 1. The van der Waals surface area contributed by atoms with Gasteiger partial charge in [0.25, 0.3) is 0 Å². The van der Waals surface area contributed by atoms with Crippen LogP contribution < -0.4 is 5.73 Å². The molecule has 1 aromatic carbocycles. The van der Waals surface area contributed by atoms with Gasteiger partial charge in [-0.1, -0.05) is 31.9 Å². The minimum atomic E-state index is 0.696. The molecule has 0 amide bonds. The second-order valence-electron chi connectivity index (χ2n) is 3.61. The molecule has 5 heteroatoms. The number of hydrogen-bond acceptors (Lipinski definition) is 2. The number of nitrogen functional groups attached to an aromatic ring is 1. The lowest BCUT2D eigenvalue weighted by Crippen LogP contribution is -1.97. The van der Waals surface area contributed by atoms with E-state index in [1.807, 2.05) is 32.2 Å². The van der Waals surface area contributed by atoms with Crippen LogP contribution >= 0.6 is 31.9 Å². The zero-order valence-electron chi connectivity index (χ0n) is 8.96. The van der Waals surface area contributed by atoms with Gasteiger partial charge in [0, 0.05) is 27.1 Å². The molecule has 0 aliphatic carbocycles. The van der Waals surface area contributed by atoms with Crippen molar-refractivity contribution in [2.24, 2.45) is 7.05 Å². The third kappa shape index (κ3) is 1.89. The molecule has 2 aromatic rings. The fraction of sp³-hybridized carbons (Fsp3) is 0.182. The lowest BCUT2D eigenvalue weighted by molar-refractivity contribution is 0.782. The first-order valence-electron chi connectivity index (χ1n) is 4.75. The standard InChI is InChI=1S/C11H11Br2N3/c1-6-10(15-16(2)11(6)14)8-5-7(12)3-4-9(8)13/h3-5H,14H2,1-2H3. The number of halogens is 2. The van der Waals surface area contributed by atoms with Gasteiger partial charge in [-0.25, -0.2) is 0 Å². The monoisotopic (exact) mass is 343 g/mol. The molecule has 0 aliphatic rings. The molecule has 2 N–H and O–H groups in total. The van der Waals surface area contributed by atoms with E-state index < -0.39 is 0 Å². The third-order valence-electron chi connectivity index (χ3n) is 2.52. The topological polar surface area (TPSA) is 43.8 Å². The van der Waals surface area contributed by atoms with E-state index in [1.54, 1.807) is 4.68 Å². The highest BCUT2D eigenvalue weighted by Gasteiger charge is 2.14. The van der Waals surface area contributed by atoms with Crippen molar-refractivity contribution in [3.63, 3.8) is 0 Å². The van der Waals surface area contributed by atoms with Crippen LogP contribution in [0.25, 0.3) is 11.3 Å². The van der Waals surface area contributed by atoms with Crippen LogP contribution in [0.15, 0.2) is 27.1 Å². The van der Waals surface area contributed by atoms with Crippen LogP contribution in [0.1, 0.15) is 5.56 Å². The summed E-state index contributed by atoms with van der Waals surface area (Å²) in [5.74, 6) is 0.696. The van der Waals surface area contributed by atoms with Crippen LogP contribution in [0.5, 0.6) is 0 Å². The van der Waals surface area contributed by atoms with Crippen molar-refractivity contribution in [1.29, 1.82) is 0 Å². The highest BCUT2D eigenvalue weighted by molar-refractivity contribution is 9.11. The van der Waals surface area contributed by atoms with Crippen LogP contribution in [0.3, 0.4) is 0 Å². The van der Waals surface area contributed by atoms with Crippen molar-refractivity contribution in [3.05, 3.63) is 32.7 Å². The first-order chi connectivity index (χ1) is 7.50. The first-order valence-corrected chi connectivity index (χ1v) is 6.34. The maximum atomic E-state index is 5.90. The van der Waals surface area contributed by atoms with Crippen LogP contribution in [0, 0.1) is 6.92 Å². The largest absolute Gasteiger partial charge is 0.384 e. The lowest BCUT2D eigenvalue weighted by atomic mass is 10.1. The van der Waals surface area contributed by atoms with Crippen LogP contribution in [0.2, 0.25) is 0 Å². The van der Waals surface area contributed by atoms with E-state index in [2.05, 4.69) is 37.0 Å². The predicted octanol–water partition coefficient (Wildman–Crippen LogP) is 3.50. The van der Waals surface area contributed by atoms with Gasteiger partial charge in [0.2, 0.25) is 0 Å². The molecule has 0 aliphatic heterocycles. The maximum absolute atomic E-state index is 5.90. The number of hydrogen-bond donors (Lipinski definition) is 1. The van der Waals surface area contributed by atoms with E-state index in [1.165, 1.54) is 0 Å². The van der Waals surface area contributed by atoms with Gasteiger partial charge in [-0.3, -0.25) is 4.68 Å². The summed E-state index contributed by atoms with van der Waals surface area (Å²) < 4.78 is 3.73. The molecule has 0 fully saturated rings. The molecular formula is C11H11Br2N3. The summed E-state index contributed by atoms with van der Waals surface area (Å²) in [7, 11) is 1.84. The van der Waals surface area contributed by atoms with Gasteiger partial charge in [-0.15, -0.1) is 0 Å². The first kappa shape index (κ1) is 11.7. The van der Waals surface area contributed by atoms with Gasteiger partial charge in [-0.05, 0) is 25.1 Å². The maximum Gasteiger partial charge on any atom is 0.124 e. The molecule has 0 saturated heterocycles. The average molecular weight is 345 g/mol. The summed E-state index contributed by atoms with van der Waals surface area (Å²) >= 11 is 6.98. The summed E-state index contributed by atoms with van der Waals surface area (Å²) in [6.07, 6.45) is 0. The lowest BCUT2D eigenvalue weighted by Gasteiger charge is -2.03. The number of nitrogens with zero attached hydrogens (tertiary/aromatic N) is 2. The van der Waals surface area contributed by atoms with Crippen molar-refractivity contribution in [2.45, 2.75) is 6.92 Å². The molecule has 0 spiro atoms. The van der Waals surface area contributed by atoms with Crippen molar-refractivity contribution in [3.8, 4) is 11.3 Å². The summed E-state index contributed by atoms with van der Waals surface area (Å²) in [5, 5.41) is 4.42. The zero-order valence-corrected chi connectivity index (χ0v) is 12.1. The summed E-state index contributed by atoms with van der Waals surface area (Å²) in [6.45, 7) is 1.98. The molecular weight excluding hydrogens is 334 g/mol. The molecule has 84 valence electrons. The minimum absolute atomic E-state index is 0.696. The van der Waals surface area contributed by atoms with Gasteiger partial charge in [0.05, 0.1) is 5.69 Å². The number of benzene rings is 1. The number of anilines is 1. The third-order valence-corrected chi connectivity index (χ3v) is 3.71. The summed E-state index contributed by atoms with van der Waals surface area (Å²) in [5.41, 5.74) is 8.85. The Bertz CT molecular complexity index is 546. The summed E-state index contributed by atoms with van der Waals surface area (Å²) in [6, 6.07) is 6.00. The average Bonchev–Trinajstić information content (AvgIpc) is 2.50. The Hall–Kier alpha value is -0.810. The van der Waals surface area contributed by atoms with E-state index in [0.29, 0.717) is 5.82 Å². The Morgan fingerprint density at radius 3 is 2.56 bits per heavy atom. The fourth-order valence-corrected chi connectivity index (χ4v) is 2.37. The highest BCUT2D eigenvalue weighted by Crippen LogP contribution is 2.33. The van der Waals surface area contributed by atoms with Gasteiger partial charge < -0.3 is 5.73 Å². The molecule has 0 saturated carbocycles. The number of aryl methyl sites for hydroxylation is 1. The van der Waals surface area contributed by atoms with Gasteiger partial charge in [0.15, 0.2) is 0 Å². The van der Waals surface area contributed by atoms with Gasteiger partial charge in [0.1, 0.15) is 5.82 Å². The predicted molar refractivity (Wildman–Crippen MR) is 73.2 cm³/mol.